The smallest absolute Gasteiger partial charge is 0.193 e. The second kappa shape index (κ2) is 8.63. The minimum Gasteiger partial charge on any atom is -0.492 e. The van der Waals surface area contributed by atoms with E-state index in [1.807, 2.05) is 25.2 Å². The molecule has 1 atom stereocenters. The molecule has 1 N–H and O–H groups in total. The predicted molar refractivity (Wildman–Crippen MR) is 89.6 cm³/mol. The Balaban J connectivity index is 1.69. The summed E-state index contributed by atoms with van der Waals surface area (Å²) in [5, 5.41) is 3.34. The molecule has 0 amide bonds. The molecular weight excluding hydrogens is 278 g/mol. The lowest BCUT2D eigenvalue weighted by atomic mass is 10.1. The lowest BCUT2D eigenvalue weighted by Gasteiger charge is -2.24. The van der Waals surface area contributed by atoms with Gasteiger partial charge in [-0.1, -0.05) is 12.1 Å². The van der Waals surface area contributed by atoms with Crippen molar-refractivity contribution in [3.63, 3.8) is 0 Å². The Hall–Kier alpha value is -1.75. The largest absolute Gasteiger partial charge is 0.492 e. The number of nitrogens with one attached hydrogen (secondary N) is 1. The maximum Gasteiger partial charge on any atom is 0.193 e. The van der Waals surface area contributed by atoms with E-state index in [9.17, 15) is 0 Å². The molecule has 1 aliphatic heterocycles. The van der Waals surface area contributed by atoms with Crippen molar-refractivity contribution >= 4 is 5.96 Å². The minimum absolute atomic E-state index is 0.604. The van der Waals surface area contributed by atoms with E-state index in [-0.39, 0.29) is 0 Å². The van der Waals surface area contributed by atoms with E-state index in [0.29, 0.717) is 12.5 Å². The highest BCUT2D eigenvalue weighted by Gasteiger charge is 2.18. The van der Waals surface area contributed by atoms with Crippen LogP contribution in [0.1, 0.15) is 12.0 Å². The molecule has 0 saturated carbocycles. The highest BCUT2D eigenvalue weighted by Crippen LogP contribution is 2.13. The summed E-state index contributed by atoms with van der Waals surface area (Å²) >= 11 is 0. The summed E-state index contributed by atoms with van der Waals surface area (Å²) < 4.78 is 11.2. The molecule has 1 fully saturated rings. The zero-order chi connectivity index (χ0) is 15.8. The van der Waals surface area contributed by atoms with Gasteiger partial charge < -0.3 is 19.7 Å². The Morgan fingerprint density at radius 2 is 2.36 bits per heavy atom. The van der Waals surface area contributed by atoms with Crippen LogP contribution in [0.2, 0.25) is 0 Å². The van der Waals surface area contributed by atoms with Crippen molar-refractivity contribution in [2.45, 2.75) is 13.3 Å². The maximum absolute atomic E-state index is 5.74. The first-order valence-electron chi connectivity index (χ1n) is 7.88. The number of aryl methyl sites for hydroxylation is 1. The molecule has 1 aliphatic rings. The lowest BCUT2D eigenvalue weighted by molar-refractivity contribution is 0.181. The van der Waals surface area contributed by atoms with Gasteiger partial charge in [-0.2, -0.15) is 0 Å². The average molecular weight is 305 g/mol. The molecule has 5 heteroatoms. The fraction of sp³-hybridized carbons (Fsp3) is 0.588. The second-order valence-electron chi connectivity index (χ2n) is 5.75. The van der Waals surface area contributed by atoms with Gasteiger partial charge in [0.15, 0.2) is 5.96 Å². The minimum atomic E-state index is 0.604. The number of aliphatic imine (C=N–C) groups is 1. The molecule has 1 saturated heterocycles. The van der Waals surface area contributed by atoms with E-state index in [4.69, 9.17) is 9.47 Å². The Kier molecular flexibility index (Phi) is 6.52. The third kappa shape index (κ3) is 5.22. The van der Waals surface area contributed by atoms with Crippen molar-refractivity contribution in [3.05, 3.63) is 29.8 Å². The number of ether oxygens (including phenoxy) is 2. The topological polar surface area (TPSA) is 46.1 Å². The number of guanidine groups is 1. The highest BCUT2D eigenvalue weighted by atomic mass is 16.5. The van der Waals surface area contributed by atoms with E-state index in [1.54, 1.807) is 0 Å². The van der Waals surface area contributed by atoms with Crippen LogP contribution in [0.25, 0.3) is 0 Å². The summed E-state index contributed by atoms with van der Waals surface area (Å²) in [4.78, 5) is 6.48. The monoisotopic (exact) mass is 305 g/mol. The fourth-order valence-electron chi connectivity index (χ4n) is 2.62. The van der Waals surface area contributed by atoms with E-state index < -0.39 is 0 Å². The first-order valence-corrected chi connectivity index (χ1v) is 7.88. The second-order valence-corrected chi connectivity index (χ2v) is 5.75. The number of hydrogen-bond donors (Lipinski definition) is 1. The maximum atomic E-state index is 5.74. The molecule has 0 bridgehead atoms. The zero-order valence-electron chi connectivity index (χ0n) is 13.8. The van der Waals surface area contributed by atoms with Crippen molar-refractivity contribution in [2.24, 2.45) is 10.9 Å². The van der Waals surface area contributed by atoms with Crippen molar-refractivity contribution in [1.82, 2.24) is 10.2 Å². The number of nitrogens with zero attached hydrogens (tertiary/aromatic N) is 2. The Morgan fingerprint density at radius 1 is 1.50 bits per heavy atom. The quantitative estimate of drug-likeness (QED) is 0.495. The average Bonchev–Trinajstić information content (AvgIpc) is 3.00. The van der Waals surface area contributed by atoms with Crippen LogP contribution in [0.4, 0.5) is 0 Å². The molecule has 2 rings (SSSR count). The first-order chi connectivity index (χ1) is 10.7. The first kappa shape index (κ1) is 16.6. The molecule has 22 heavy (non-hydrogen) atoms. The van der Waals surface area contributed by atoms with Crippen LogP contribution in [0.15, 0.2) is 29.3 Å². The van der Waals surface area contributed by atoms with Gasteiger partial charge in [0, 0.05) is 33.2 Å². The molecule has 0 aromatic heterocycles. The summed E-state index contributed by atoms with van der Waals surface area (Å²) in [7, 11) is 3.88. The Bertz CT molecular complexity index is 485. The normalized spacial score (nSPS) is 18.3. The molecule has 0 radical (unpaired) electrons. The van der Waals surface area contributed by atoms with Crippen molar-refractivity contribution < 1.29 is 9.47 Å². The van der Waals surface area contributed by atoms with Gasteiger partial charge in [-0.3, -0.25) is 4.99 Å². The van der Waals surface area contributed by atoms with Crippen molar-refractivity contribution in [1.29, 1.82) is 0 Å². The summed E-state index contributed by atoms with van der Waals surface area (Å²) in [6.07, 6.45) is 1.14. The van der Waals surface area contributed by atoms with Crippen molar-refractivity contribution in [3.8, 4) is 5.75 Å². The molecule has 0 spiro atoms. The summed E-state index contributed by atoms with van der Waals surface area (Å²) in [5.74, 6) is 2.42. The summed E-state index contributed by atoms with van der Waals surface area (Å²) in [5.41, 5.74) is 1.21. The molecule has 0 aliphatic carbocycles. The molecular formula is C17H27N3O2. The predicted octanol–water partition coefficient (Wildman–Crippen LogP) is 1.92. The van der Waals surface area contributed by atoms with Gasteiger partial charge in [-0.15, -0.1) is 0 Å². The van der Waals surface area contributed by atoms with Crippen LogP contribution in [0.5, 0.6) is 5.75 Å². The van der Waals surface area contributed by atoms with Crippen LogP contribution in [-0.2, 0) is 4.74 Å². The lowest BCUT2D eigenvalue weighted by Crippen LogP contribution is -2.42. The molecule has 1 heterocycles. The Labute approximate surface area is 133 Å². The standard InChI is InChI=1S/C17H27N3O2/c1-14-5-4-6-16(11-14)22-10-8-19-17(18-2)20(3)12-15-7-9-21-13-15/h4-6,11,15H,7-10,12-13H2,1-3H3,(H,18,19). The molecule has 1 aromatic carbocycles. The van der Waals surface area contributed by atoms with Crippen LogP contribution in [-0.4, -0.2) is 57.9 Å². The van der Waals surface area contributed by atoms with Gasteiger partial charge >= 0.3 is 0 Å². The number of rotatable bonds is 6. The fourth-order valence-corrected chi connectivity index (χ4v) is 2.62. The van der Waals surface area contributed by atoms with Crippen LogP contribution in [0.3, 0.4) is 0 Å². The third-order valence-corrected chi connectivity index (χ3v) is 3.77. The summed E-state index contributed by atoms with van der Waals surface area (Å²) in [6, 6.07) is 8.10. The molecule has 1 unspecified atom stereocenters. The van der Waals surface area contributed by atoms with Crippen LogP contribution >= 0.6 is 0 Å². The van der Waals surface area contributed by atoms with Gasteiger partial charge in [0.2, 0.25) is 0 Å². The van der Waals surface area contributed by atoms with E-state index in [0.717, 1.165) is 44.4 Å². The number of benzene rings is 1. The van der Waals surface area contributed by atoms with E-state index in [2.05, 4.69) is 35.2 Å². The SMILES string of the molecule is CN=C(NCCOc1cccc(C)c1)N(C)CC1CCOC1. The molecule has 1 aromatic rings. The van der Waals surface area contributed by atoms with Gasteiger partial charge in [0.05, 0.1) is 13.2 Å². The van der Waals surface area contributed by atoms with Gasteiger partial charge in [0.25, 0.3) is 0 Å². The summed E-state index contributed by atoms with van der Waals surface area (Å²) in [6.45, 7) is 6.12. The third-order valence-electron chi connectivity index (χ3n) is 3.77. The van der Waals surface area contributed by atoms with Gasteiger partial charge in [0.1, 0.15) is 12.4 Å². The van der Waals surface area contributed by atoms with Gasteiger partial charge in [-0.25, -0.2) is 0 Å². The highest BCUT2D eigenvalue weighted by molar-refractivity contribution is 5.79. The van der Waals surface area contributed by atoms with E-state index in [1.165, 1.54) is 5.56 Å². The molecule has 122 valence electrons. The van der Waals surface area contributed by atoms with Crippen molar-refractivity contribution in [2.75, 3.05) is 47.0 Å². The Morgan fingerprint density at radius 3 is 3.05 bits per heavy atom. The van der Waals surface area contributed by atoms with Crippen LogP contribution in [0, 0.1) is 12.8 Å². The van der Waals surface area contributed by atoms with Crippen LogP contribution < -0.4 is 10.1 Å². The van der Waals surface area contributed by atoms with Gasteiger partial charge in [-0.05, 0) is 31.0 Å². The number of hydrogen-bond acceptors (Lipinski definition) is 3. The zero-order valence-corrected chi connectivity index (χ0v) is 13.8. The molecule has 5 nitrogen and oxygen atoms in total. The van der Waals surface area contributed by atoms with E-state index >= 15 is 0 Å².